The van der Waals surface area contributed by atoms with Crippen LogP contribution in [0.4, 0.5) is 0 Å². The second kappa shape index (κ2) is 2.73. The molecule has 0 saturated heterocycles. The molecule has 1 saturated carbocycles. The third-order valence-electron chi connectivity index (χ3n) is 3.22. The van der Waals surface area contributed by atoms with Crippen molar-refractivity contribution in [1.29, 1.82) is 0 Å². The first-order valence-electron chi connectivity index (χ1n) is 4.79. The van der Waals surface area contributed by atoms with Gasteiger partial charge in [0.25, 0.3) is 0 Å². The predicted molar refractivity (Wildman–Crippen MR) is 58.7 cm³/mol. The van der Waals surface area contributed by atoms with Crippen molar-refractivity contribution < 1.29 is 0 Å². The van der Waals surface area contributed by atoms with Crippen molar-refractivity contribution in [2.75, 3.05) is 5.33 Å². The van der Waals surface area contributed by atoms with Crippen molar-refractivity contribution in [1.82, 2.24) is 0 Å². The third-order valence-corrected chi connectivity index (χ3v) is 4.29. The molecule has 0 aliphatic heterocycles. The number of hydrogen-bond donors (Lipinski definition) is 0. The van der Waals surface area contributed by atoms with Gasteiger partial charge < -0.3 is 0 Å². The minimum atomic E-state index is 0.474. The molecule has 0 spiro atoms. The van der Waals surface area contributed by atoms with Crippen molar-refractivity contribution in [2.24, 2.45) is 16.2 Å². The summed E-state index contributed by atoms with van der Waals surface area (Å²) in [6.07, 6.45) is 2.74. The lowest BCUT2D eigenvalue weighted by atomic mass is 9.80. The molecule has 0 bridgehead atoms. The van der Waals surface area contributed by atoms with Gasteiger partial charge in [0, 0.05) is 5.33 Å². The summed E-state index contributed by atoms with van der Waals surface area (Å²) >= 11 is 3.66. The number of halogens is 1. The van der Waals surface area contributed by atoms with E-state index in [0.29, 0.717) is 16.2 Å². The average Bonchev–Trinajstić information content (AvgIpc) is 2.30. The topological polar surface area (TPSA) is 0 Å². The summed E-state index contributed by atoms with van der Waals surface area (Å²) in [6.45, 7) is 11.8. The van der Waals surface area contributed by atoms with E-state index in [9.17, 15) is 0 Å². The quantitative estimate of drug-likeness (QED) is 0.626. The van der Waals surface area contributed by atoms with Gasteiger partial charge in [0.15, 0.2) is 0 Å². The molecule has 0 heterocycles. The van der Waals surface area contributed by atoms with E-state index in [2.05, 4.69) is 50.5 Å². The zero-order valence-electron chi connectivity index (χ0n) is 9.00. The Kier molecular flexibility index (Phi) is 2.40. The molecule has 1 atom stereocenters. The fourth-order valence-electron chi connectivity index (χ4n) is 2.39. The molecule has 0 radical (unpaired) electrons. The van der Waals surface area contributed by atoms with E-state index in [4.69, 9.17) is 0 Å². The number of rotatable bonds is 2. The Morgan fingerprint density at radius 3 is 1.75 bits per heavy atom. The van der Waals surface area contributed by atoms with E-state index in [0.717, 1.165) is 0 Å². The second-order valence-corrected chi connectivity index (χ2v) is 6.77. The summed E-state index contributed by atoms with van der Waals surface area (Å²) in [5.74, 6) is 0. The summed E-state index contributed by atoms with van der Waals surface area (Å²) in [5.41, 5.74) is 1.64. The first kappa shape index (κ1) is 10.6. The molecular formula is C11H21Br. The van der Waals surface area contributed by atoms with Crippen molar-refractivity contribution in [3.63, 3.8) is 0 Å². The van der Waals surface area contributed by atoms with Gasteiger partial charge in [0.2, 0.25) is 0 Å². The van der Waals surface area contributed by atoms with Crippen LogP contribution in [0.2, 0.25) is 0 Å². The van der Waals surface area contributed by atoms with Crippen LogP contribution in [0.5, 0.6) is 0 Å². The molecule has 1 aliphatic rings. The minimum Gasteiger partial charge on any atom is -0.0922 e. The lowest BCUT2D eigenvalue weighted by Crippen LogP contribution is -2.19. The lowest BCUT2D eigenvalue weighted by molar-refractivity contribution is 0.258. The van der Waals surface area contributed by atoms with Gasteiger partial charge in [-0.05, 0) is 29.1 Å². The molecule has 0 aromatic rings. The summed E-state index contributed by atoms with van der Waals surface area (Å²) in [7, 11) is 0. The highest BCUT2D eigenvalue weighted by Gasteiger charge is 2.60. The molecule has 0 N–H and O–H groups in total. The molecule has 1 aliphatic carbocycles. The van der Waals surface area contributed by atoms with E-state index in [-0.39, 0.29) is 0 Å². The molecule has 0 aromatic heterocycles. The highest BCUT2D eigenvalue weighted by atomic mass is 79.9. The molecule has 1 fully saturated rings. The SMILES string of the molecule is CC(C)(C)CC1(CBr)CC1(C)C. The van der Waals surface area contributed by atoms with Crippen molar-refractivity contribution in [2.45, 2.75) is 47.5 Å². The standard InChI is InChI=1S/C11H21Br/c1-9(2,3)6-11(8-12)7-10(11,4)5/h6-8H2,1-5H3. The zero-order chi connectivity index (χ0) is 9.62. The zero-order valence-corrected chi connectivity index (χ0v) is 10.6. The van der Waals surface area contributed by atoms with E-state index in [1.807, 2.05) is 0 Å². The molecule has 1 unspecified atom stereocenters. The first-order valence-corrected chi connectivity index (χ1v) is 5.91. The highest BCUT2D eigenvalue weighted by Crippen LogP contribution is 2.68. The van der Waals surface area contributed by atoms with E-state index < -0.39 is 0 Å². The maximum absolute atomic E-state index is 3.66. The summed E-state index contributed by atoms with van der Waals surface area (Å²) in [4.78, 5) is 0. The average molecular weight is 233 g/mol. The molecule has 0 nitrogen and oxygen atoms in total. The minimum absolute atomic E-state index is 0.474. The first-order chi connectivity index (χ1) is 5.22. The fourth-order valence-corrected chi connectivity index (χ4v) is 3.55. The van der Waals surface area contributed by atoms with Gasteiger partial charge in [-0.25, -0.2) is 0 Å². The van der Waals surface area contributed by atoms with Crippen LogP contribution in [-0.4, -0.2) is 5.33 Å². The number of alkyl halides is 1. The normalized spacial score (nSPS) is 33.5. The second-order valence-electron chi connectivity index (χ2n) is 6.21. The maximum atomic E-state index is 3.66. The molecule has 72 valence electrons. The summed E-state index contributed by atoms with van der Waals surface area (Å²) < 4.78 is 0. The summed E-state index contributed by atoms with van der Waals surface area (Å²) in [6, 6.07) is 0. The monoisotopic (exact) mass is 232 g/mol. The van der Waals surface area contributed by atoms with E-state index in [1.165, 1.54) is 18.2 Å². The lowest BCUT2D eigenvalue weighted by Gasteiger charge is -2.27. The van der Waals surface area contributed by atoms with Crippen LogP contribution < -0.4 is 0 Å². The van der Waals surface area contributed by atoms with Crippen LogP contribution >= 0.6 is 15.9 Å². The molecule has 1 heteroatoms. The Hall–Kier alpha value is 0.480. The Morgan fingerprint density at radius 2 is 1.67 bits per heavy atom. The fraction of sp³-hybridized carbons (Fsp3) is 1.00. The Morgan fingerprint density at radius 1 is 1.25 bits per heavy atom. The third kappa shape index (κ3) is 1.86. The van der Waals surface area contributed by atoms with Crippen LogP contribution in [0.1, 0.15) is 47.5 Å². The van der Waals surface area contributed by atoms with Crippen LogP contribution in [-0.2, 0) is 0 Å². The largest absolute Gasteiger partial charge is 0.0922 e. The molecule has 1 rings (SSSR count). The van der Waals surface area contributed by atoms with Gasteiger partial charge >= 0.3 is 0 Å². The predicted octanol–water partition coefficient (Wildman–Crippen LogP) is 4.23. The number of hydrogen-bond acceptors (Lipinski definition) is 0. The Bertz CT molecular complexity index is 176. The molecule has 0 amide bonds. The van der Waals surface area contributed by atoms with Crippen LogP contribution in [0.3, 0.4) is 0 Å². The van der Waals surface area contributed by atoms with Crippen LogP contribution in [0.15, 0.2) is 0 Å². The Labute approximate surface area is 85.3 Å². The van der Waals surface area contributed by atoms with Crippen molar-refractivity contribution in [3.8, 4) is 0 Å². The van der Waals surface area contributed by atoms with Gasteiger partial charge in [0.1, 0.15) is 0 Å². The maximum Gasteiger partial charge on any atom is 0.00934 e. The van der Waals surface area contributed by atoms with Gasteiger partial charge in [0.05, 0.1) is 0 Å². The molecular weight excluding hydrogens is 212 g/mol. The van der Waals surface area contributed by atoms with Gasteiger partial charge in [-0.2, -0.15) is 0 Å². The highest BCUT2D eigenvalue weighted by molar-refractivity contribution is 9.09. The van der Waals surface area contributed by atoms with Crippen molar-refractivity contribution in [3.05, 3.63) is 0 Å². The summed E-state index contributed by atoms with van der Waals surface area (Å²) in [5, 5.41) is 1.17. The van der Waals surface area contributed by atoms with Crippen LogP contribution in [0.25, 0.3) is 0 Å². The Balaban J connectivity index is 2.62. The van der Waals surface area contributed by atoms with Gasteiger partial charge in [-0.1, -0.05) is 50.5 Å². The van der Waals surface area contributed by atoms with Crippen molar-refractivity contribution >= 4 is 15.9 Å². The van der Waals surface area contributed by atoms with E-state index in [1.54, 1.807) is 0 Å². The van der Waals surface area contributed by atoms with Crippen LogP contribution in [0, 0.1) is 16.2 Å². The molecule has 0 aromatic carbocycles. The smallest absolute Gasteiger partial charge is 0.00934 e. The van der Waals surface area contributed by atoms with E-state index >= 15 is 0 Å². The van der Waals surface area contributed by atoms with Gasteiger partial charge in [-0.3, -0.25) is 0 Å². The van der Waals surface area contributed by atoms with Gasteiger partial charge in [-0.15, -0.1) is 0 Å². The molecule has 12 heavy (non-hydrogen) atoms.